The van der Waals surface area contributed by atoms with Gasteiger partial charge in [-0.05, 0) is 91.6 Å². The summed E-state index contributed by atoms with van der Waals surface area (Å²) in [5.41, 5.74) is 6.11. The van der Waals surface area contributed by atoms with Crippen molar-refractivity contribution in [3.8, 4) is 17.2 Å². The van der Waals surface area contributed by atoms with E-state index in [0.717, 1.165) is 52.7 Å². The van der Waals surface area contributed by atoms with Gasteiger partial charge in [0.1, 0.15) is 5.82 Å². The number of nitriles is 1. The van der Waals surface area contributed by atoms with Crippen molar-refractivity contribution in [2.75, 3.05) is 6.54 Å². The van der Waals surface area contributed by atoms with Gasteiger partial charge in [0.15, 0.2) is 0 Å². The predicted molar refractivity (Wildman–Crippen MR) is 105 cm³/mol. The molecule has 0 spiro atoms. The van der Waals surface area contributed by atoms with E-state index in [1.807, 2.05) is 26.0 Å². The Morgan fingerprint density at radius 2 is 1.96 bits per heavy atom. The summed E-state index contributed by atoms with van der Waals surface area (Å²) in [6.07, 6.45) is 2.65. The average molecular weight is 362 g/mol. The summed E-state index contributed by atoms with van der Waals surface area (Å²) in [5.74, 6) is -0.302. The molecule has 138 valence electrons. The highest BCUT2D eigenvalue weighted by molar-refractivity contribution is 6.01. The Balaban J connectivity index is 2.20. The third-order valence-corrected chi connectivity index (χ3v) is 5.29. The third kappa shape index (κ3) is 3.78. The monoisotopic (exact) mass is 362 g/mol. The third-order valence-electron chi connectivity index (χ3n) is 5.29. The Bertz CT molecular complexity index is 983. The summed E-state index contributed by atoms with van der Waals surface area (Å²) in [6.45, 7) is 6.31. The van der Waals surface area contributed by atoms with Crippen LogP contribution in [0.4, 0.5) is 4.39 Å². The van der Waals surface area contributed by atoms with Gasteiger partial charge in [0.2, 0.25) is 5.91 Å². The van der Waals surface area contributed by atoms with Gasteiger partial charge in [0.25, 0.3) is 0 Å². The molecule has 4 heteroatoms. The molecule has 1 amide bonds. The molecule has 0 bridgehead atoms. The van der Waals surface area contributed by atoms with Crippen molar-refractivity contribution in [1.82, 2.24) is 5.32 Å². The molecule has 3 nitrogen and oxygen atoms in total. The zero-order valence-corrected chi connectivity index (χ0v) is 15.9. The minimum atomic E-state index is -0.269. The van der Waals surface area contributed by atoms with Crippen LogP contribution in [-0.4, -0.2) is 12.5 Å². The fraction of sp³-hybridized carbons (Fsp3) is 0.304. The first-order valence-corrected chi connectivity index (χ1v) is 9.22. The second-order valence-corrected chi connectivity index (χ2v) is 7.09. The van der Waals surface area contributed by atoms with Crippen LogP contribution in [0.1, 0.15) is 48.4 Å². The topological polar surface area (TPSA) is 52.9 Å². The van der Waals surface area contributed by atoms with E-state index in [0.29, 0.717) is 17.7 Å². The number of halogens is 1. The summed E-state index contributed by atoms with van der Waals surface area (Å²) in [6, 6.07) is 10.9. The van der Waals surface area contributed by atoms with E-state index in [9.17, 15) is 14.4 Å². The van der Waals surface area contributed by atoms with Crippen LogP contribution in [0.25, 0.3) is 16.7 Å². The summed E-state index contributed by atoms with van der Waals surface area (Å²) in [4.78, 5) is 12.4. The smallest absolute Gasteiger partial charge is 0.247 e. The molecule has 1 saturated heterocycles. The number of allylic oxidation sites excluding steroid dienone is 1. The predicted octanol–water partition coefficient (Wildman–Crippen LogP) is 5.05. The Morgan fingerprint density at radius 1 is 1.19 bits per heavy atom. The van der Waals surface area contributed by atoms with Gasteiger partial charge in [-0.3, -0.25) is 4.79 Å². The van der Waals surface area contributed by atoms with Crippen LogP contribution >= 0.6 is 0 Å². The molecule has 0 radical (unpaired) electrons. The molecule has 0 saturated carbocycles. The van der Waals surface area contributed by atoms with Crippen LogP contribution in [0.5, 0.6) is 0 Å². The molecule has 0 atom stereocenters. The van der Waals surface area contributed by atoms with E-state index in [4.69, 9.17) is 0 Å². The van der Waals surface area contributed by atoms with Gasteiger partial charge in [0, 0.05) is 12.1 Å². The second kappa shape index (κ2) is 7.75. The summed E-state index contributed by atoms with van der Waals surface area (Å²) in [5, 5.41) is 12.4. The first-order chi connectivity index (χ1) is 12.9. The van der Waals surface area contributed by atoms with E-state index in [1.165, 1.54) is 6.07 Å². The Kier molecular flexibility index (Phi) is 5.41. The van der Waals surface area contributed by atoms with Gasteiger partial charge < -0.3 is 5.32 Å². The molecule has 3 rings (SSSR count). The van der Waals surface area contributed by atoms with E-state index < -0.39 is 0 Å². The SMILES string of the molecule is C/C(=C1/CCCCNC1=O)c1cc(C#N)cc(-c2ccc(C)c(F)c2)c1C. The number of hydrogen-bond donors (Lipinski definition) is 1. The van der Waals surface area contributed by atoms with E-state index in [2.05, 4.69) is 11.4 Å². The number of carbonyl (C=O) groups excluding carboxylic acids is 1. The maximum atomic E-state index is 14.1. The molecule has 0 aliphatic carbocycles. The van der Waals surface area contributed by atoms with E-state index >= 15 is 0 Å². The lowest BCUT2D eigenvalue weighted by Gasteiger charge is -2.16. The molecule has 27 heavy (non-hydrogen) atoms. The minimum absolute atomic E-state index is 0.0327. The van der Waals surface area contributed by atoms with E-state index in [1.54, 1.807) is 19.1 Å². The average Bonchev–Trinajstić information content (AvgIpc) is 2.88. The normalized spacial score (nSPS) is 16.3. The van der Waals surface area contributed by atoms with Crippen molar-refractivity contribution >= 4 is 11.5 Å². The Morgan fingerprint density at radius 3 is 2.67 bits per heavy atom. The molecule has 2 aromatic rings. The first-order valence-electron chi connectivity index (χ1n) is 9.22. The van der Waals surface area contributed by atoms with Crippen molar-refractivity contribution in [3.63, 3.8) is 0 Å². The number of aryl methyl sites for hydroxylation is 1. The molecule has 1 N–H and O–H groups in total. The second-order valence-electron chi connectivity index (χ2n) is 7.09. The van der Waals surface area contributed by atoms with Crippen molar-refractivity contribution in [2.24, 2.45) is 0 Å². The van der Waals surface area contributed by atoms with Crippen LogP contribution in [0, 0.1) is 31.0 Å². The van der Waals surface area contributed by atoms with Crippen LogP contribution < -0.4 is 5.32 Å². The maximum Gasteiger partial charge on any atom is 0.247 e. The highest BCUT2D eigenvalue weighted by atomic mass is 19.1. The fourth-order valence-electron chi connectivity index (χ4n) is 3.60. The number of nitrogens with zero attached hydrogens (tertiary/aromatic N) is 1. The zero-order valence-electron chi connectivity index (χ0n) is 15.9. The van der Waals surface area contributed by atoms with E-state index in [-0.39, 0.29) is 11.7 Å². The summed E-state index contributed by atoms with van der Waals surface area (Å²) in [7, 11) is 0. The van der Waals surface area contributed by atoms with Crippen LogP contribution in [0.2, 0.25) is 0 Å². The molecular weight excluding hydrogens is 339 g/mol. The molecule has 1 heterocycles. The van der Waals surface area contributed by atoms with Gasteiger partial charge in [-0.25, -0.2) is 4.39 Å². The fourth-order valence-corrected chi connectivity index (χ4v) is 3.60. The number of hydrogen-bond acceptors (Lipinski definition) is 2. The number of amides is 1. The highest BCUT2D eigenvalue weighted by Gasteiger charge is 2.19. The van der Waals surface area contributed by atoms with Crippen LogP contribution in [0.3, 0.4) is 0 Å². The Labute approximate surface area is 159 Å². The quantitative estimate of drug-likeness (QED) is 0.760. The maximum absolute atomic E-state index is 14.1. The lowest BCUT2D eigenvalue weighted by molar-refractivity contribution is -0.117. The first kappa shape index (κ1) is 18.8. The summed E-state index contributed by atoms with van der Waals surface area (Å²) < 4.78 is 14.1. The highest BCUT2D eigenvalue weighted by Crippen LogP contribution is 2.34. The van der Waals surface area contributed by atoms with Crippen molar-refractivity contribution < 1.29 is 9.18 Å². The van der Waals surface area contributed by atoms with Gasteiger partial charge in [-0.15, -0.1) is 0 Å². The molecule has 1 aliphatic rings. The molecule has 0 unspecified atom stereocenters. The molecule has 0 aromatic heterocycles. The standard InChI is InChI=1S/C23H23FN2O/c1-14-7-8-18(12-22(14)24)21-11-17(13-25)10-20(16(21)3)15(2)19-6-4-5-9-26-23(19)27/h7-8,10-12H,4-6,9H2,1-3H3,(H,26,27)/b19-15+. The lowest BCUT2D eigenvalue weighted by atomic mass is 9.88. The number of carbonyl (C=O) groups is 1. The van der Waals surface area contributed by atoms with Crippen LogP contribution in [-0.2, 0) is 4.79 Å². The molecular formula is C23H23FN2O. The van der Waals surface area contributed by atoms with Crippen molar-refractivity contribution in [3.05, 3.63) is 64.0 Å². The summed E-state index contributed by atoms with van der Waals surface area (Å²) >= 11 is 0. The van der Waals surface area contributed by atoms with Gasteiger partial charge in [-0.2, -0.15) is 5.26 Å². The van der Waals surface area contributed by atoms with Crippen molar-refractivity contribution in [1.29, 1.82) is 5.26 Å². The van der Waals surface area contributed by atoms with Crippen LogP contribution in [0.15, 0.2) is 35.9 Å². The Hall–Kier alpha value is -2.93. The van der Waals surface area contributed by atoms with Gasteiger partial charge in [-0.1, -0.05) is 12.1 Å². The number of nitrogens with one attached hydrogen (secondary N) is 1. The minimum Gasteiger partial charge on any atom is -0.352 e. The number of rotatable bonds is 2. The zero-order chi connectivity index (χ0) is 19.6. The largest absolute Gasteiger partial charge is 0.352 e. The van der Waals surface area contributed by atoms with Gasteiger partial charge >= 0.3 is 0 Å². The van der Waals surface area contributed by atoms with Gasteiger partial charge in [0.05, 0.1) is 11.6 Å². The molecule has 1 fully saturated rings. The molecule has 1 aliphatic heterocycles. The van der Waals surface area contributed by atoms with Crippen molar-refractivity contribution in [2.45, 2.75) is 40.0 Å². The molecule has 2 aromatic carbocycles. The number of benzene rings is 2. The lowest BCUT2D eigenvalue weighted by Crippen LogP contribution is -2.24.